The minimum absolute atomic E-state index is 0.0892. The van der Waals surface area contributed by atoms with E-state index >= 15 is 0 Å². The van der Waals surface area contributed by atoms with Crippen molar-refractivity contribution in [1.29, 1.82) is 0 Å². The molecule has 3 N–H and O–H groups in total. The maximum atomic E-state index is 11.5. The van der Waals surface area contributed by atoms with Crippen LogP contribution in [0, 0.1) is 12.3 Å². The molecule has 4 heteroatoms. The second-order valence-corrected chi connectivity index (χ2v) is 5.17. The summed E-state index contributed by atoms with van der Waals surface area (Å²) in [5.74, 6) is 2.66. The van der Waals surface area contributed by atoms with E-state index in [-0.39, 0.29) is 5.91 Å². The highest BCUT2D eigenvalue weighted by Gasteiger charge is 2.18. The molecule has 1 amide bonds. The number of carbonyl (C=O) groups is 1. The van der Waals surface area contributed by atoms with Gasteiger partial charge in [0.1, 0.15) is 0 Å². The molecule has 0 aliphatic heterocycles. The fraction of sp³-hybridized carbons (Fsp3) is 0.800. The van der Waals surface area contributed by atoms with E-state index in [4.69, 9.17) is 16.9 Å². The standard InChI is InChI=1S/C15H26N2O2/c1-2-3-4-5-6-15(18)17-11-12-19-14-9-7-13(16)8-10-14/h1,13-14H,3-12,16H2,(H,17,18). The van der Waals surface area contributed by atoms with Gasteiger partial charge in [0, 0.05) is 25.4 Å². The highest BCUT2D eigenvalue weighted by molar-refractivity contribution is 5.75. The number of terminal acetylenes is 1. The first-order valence-corrected chi connectivity index (χ1v) is 7.29. The van der Waals surface area contributed by atoms with E-state index in [0.717, 1.165) is 44.9 Å². The lowest BCUT2D eigenvalue weighted by molar-refractivity contribution is -0.121. The topological polar surface area (TPSA) is 64.3 Å². The maximum Gasteiger partial charge on any atom is 0.220 e. The Balaban J connectivity index is 1.92. The molecular weight excluding hydrogens is 240 g/mol. The lowest BCUT2D eigenvalue weighted by Gasteiger charge is -2.26. The molecule has 0 spiro atoms. The van der Waals surface area contributed by atoms with Crippen LogP contribution in [-0.4, -0.2) is 31.2 Å². The van der Waals surface area contributed by atoms with Gasteiger partial charge in [-0.2, -0.15) is 0 Å². The second kappa shape index (κ2) is 9.82. The molecule has 0 aromatic heterocycles. The third kappa shape index (κ3) is 7.86. The van der Waals surface area contributed by atoms with Gasteiger partial charge in [-0.15, -0.1) is 12.3 Å². The molecule has 0 radical (unpaired) electrons. The fourth-order valence-corrected chi connectivity index (χ4v) is 2.27. The molecule has 1 fully saturated rings. The molecule has 0 aromatic carbocycles. The molecule has 1 saturated carbocycles. The van der Waals surface area contributed by atoms with Crippen molar-refractivity contribution < 1.29 is 9.53 Å². The SMILES string of the molecule is C#CCCCCC(=O)NCCOC1CCC(N)CC1. The number of nitrogens with one attached hydrogen (secondary N) is 1. The van der Waals surface area contributed by atoms with Crippen LogP contribution >= 0.6 is 0 Å². The summed E-state index contributed by atoms with van der Waals surface area (Å²) in [6, 6.07) is 0.350. The van der Waals surface area contributed by atoms with Crippen molar-refractivity contribution in [1.82, 2.24) is 5.32 Å². The summed E-state index contributed by atoms with van der Waals surface area (Å²) < 4.78 is 5.73. The van der Waals surface area contributed by atoms with Gasteiger partial charge in [-0.25, -0.2) is 0 Å². The van der Waals surface area contributed by atoms with Crippen molar-refractivity contribution in [3.63, 3.8) is 0 Å². The molecular formula is C15H26N2O2. The highest BCUT2D eigenvalue weighted by atomic mass is 16.5. The lowest BCUT2D eigenvalue weighted by Crippen LogP contribution is -2.32. The average molecular weight is 266 g/mol. The first-order valence-electron chi connectivity index (χ1n) is 7.29. The molecule has 19 heavy (non-hydrogen) atoms. The van der Waals surface area contributed by atoms with Crippen LogP contribution < -0.4 is 11.1 Å². The van der Waals surface area contributed by atoms with Gasteiger partial charge in [0.25, 0.3) is 0 Å². The first kappa shape index (κ1) is 16.0. The summed E-state index contributed by atoms with van der Waals surface area (Å²) in [5.41, 5.74) is 5.83. The quantitative estimate of drug-likeness (QED) is 0.518. The van der Waals surface area contributed by atoms with Crippen LogP contribution in [0.4, 0.5) is 0 Å². The summed E-state index contributed by atoms with van der Waals surface area (Å²) in [7, 11) is 0. The number of ether oxygens (including phenoxy) is 1. The number of hydrogen-bond acceptors (Lipinski definition) is 3. The van der Waals surface area contributed by atoms with E-state index in [1.54, 1.807) is 0 Å². The van der Waals surface area contributed by atoms with Crippen LogP contribution in [-0.2, 0) is 9.53 Å². The van der Waals surface area contributed by atoms with Gasteiger partial charge in [-0.1, -0.05) is 0 Å². The van der Waals surface area contributed by atoms with Gasteiger partial charge in [-0.3, -0.25) is 4.79 Å². The van der Waals surface area contributed by atoms with Gasteiger partial charge >= 0.3 is 0 Å². The number of unbranched alkanes of at least 4 members (excludes halogenated alkanes) is 2. The number of nitrogens with two attached hydrogens (primary N) is 1. The maximum absolute atomic E-state index is 11.5. The Bertz CT molecular complexity index is 291. The van der Waals surface area contributed by atoms with E-state index in [0.29, 0.717) is 31.7 Å². The van der Waals surface area contributed by atoms with E-state index in [1.165, 1.54) is 0 Å². The normalized spacial score (nSPS) is 22.7. The molecule has 0 atom stereocenters. The third-order valence-electron chi connectivity index (χ3n) is 3.47. The van der Waals surface area contributed by atoms with Crippen LogP contribution in [0.1, 0.15) is 51.4 Å². The molecule has 108 valence electrons. The molecule has 0 unspecified atom stereocenters. The number of carbonyl (C=O) groups excluding carboxylic acids is 1. The van der Waals surface area contributed by atoms with Crippen LogP contribution in [0.5, 0.6) is 0 Å². The van der Waals surface area contributed by atoms with Crippen LogP contribution in [0.2, 0.25) is 0 Å². The smallest absolute Gasteiger partial charge is 0.220 e. The molecule has 0 heterocycles. The molecule has 4 nitrogen and oxygen atoms in total. The summed E-state index contributed by atoms with van der Waals surface area (Å²) in [6.45, 7) is 1.19. The fourth-order valence-electron chi connectivity index (χ4n) is 2.27. The Kier molecular flexibility index (Phi) is 8.28. The van der Waals surface area contributed by atoms with Gasteiger partial charge < -0.3 is 15.8 Å². The van der Waals surface area contributed by atoms with Gasteiger partial charge in [0.15, 0.2) is 0 Å². The Morgan fingerprint density at radius 3 is 2.74 bits per heavy atom. The molecule has 1 rings (SSSR count). The summed E-state index contributed by atoms with van der Waals surface area (Å²) in [6.07, 6.45) is 12.7. The van der Waals surface area contributed by atoms with Crippen molar-refractivity contribution in [3.8, 4) is 12.3 Å². The predicted molar refractivity (Wildman–Crippen MR) is 76.5 cm³/mol. The molecule has 0 aromatic rings. The van der Waals surface area contributed by atoms with Crippen molar-refractivity contribution in [2.45, 2.75) is 63.5 Å². The zero-order valence-electron chi connectivity index (χ0n) is 11.7. The van der Waals surface area contributed by atoms with Crippen LogP contribution in [0.25, 0.3) is 0 Å². The van der Waals surface area contributed by atoms with E-state index in [2.05, 4.69) is 11.2 Å². The predicted octanol–water partition coefficient (Wildman–Crippen LogP) is 1.58. The highest BCUT2D eigenvalue weighted by Crippen LogP contribution is 2.19. The molecule has 1 aliphatic rings. The minimum Gasteiger partial charge on any atom is -0.376 e. The monoisotopic (exact) mass is 266 g/mol. The molecule has 0 bridgehead atoms. The van der Waals surface area contributed by atoms with Gasteiger partial charge in [0.2, 0.25) is 5.91 Å². The van der Waals surface area contributed by atoms with Crippen molar-refractivity contribution in [2.24, 2.45) is 5.73 Å². The number of rotatable bonds is 8. The zero-order chi connectivity index (χ0) is 13.9. The Hall–Kier alpha value is -1.05. The Morgan fingerprint density at radius 1 is 1.32 bits per heavy atom. The van der Waals surface area contributed by atoms with E-state index in [9.17, 15) is 4.79 Å². The van der Waals surface area contributed by atoms with Crippen molar-refractivity contribution >= 4 is 5.91 Å². The second-order valence-electron chi connectivity index (χ2n) is 5.17. The van der Waals surface area contributed by atoms with Crippen LogP contribution in [0.3, 0.4) is 0 Å². The van der Waals surface area contributed by atoms with Crippen molar-refractivity contribution in [3.05, 3.63) is 0 Å². The average Bonchev–Trinajstić information content (AvgIpc) is 2.42. The largest absolute Gasteiger partial charge is 0.376 e. The molecule has 0 saturated heterocycles. The third-order valence-corrected chi connectivity index (χ3v) is 3.47. The van der Waals surface area contributed by atoms with E-state index < -0.39 is 0 Å². The summed E-state index contributed by atoms with van der Waals surface area (Å²) in [4.78, 5) is 11.5. The Morgan fingerprint density at radius 2 is 2.05 bits per heavy atom. The summed E-state index contributed by atoms with van der Waals surface area (Å²) in [5, 5.41) is 2.87. The lowest BCUT2D eigenvalue weighted by atomic mass is 9.94. The van der Waals surface area contributed by atoms with Crippen molar-refractivity contribution in [2.75, 3.05) is 13.2 Å². The zero-order valence-corrected chi connectivity index (χ0v) is 11.7. The minimum atomic E-state index is 0.0892. The van der Waals surface area contributed by atoms with E-state index in [1.807, 2.05) is 0 Å². The summed E-state index contributed by atoms with van der Waals surface area (Å²) >= 11 is 0. The molecule has 1 aliphatic carbocycles. The van der Waals surface area contributed by atoms with Crippen LogP contribution in [0.15, 0.2) is 0 Å². The van der Waals surface area contributed by atoms with Gasteiger partial charge in [0.05, 0.1) is 12.7 Å². The van der Waals surface area contributed by atoms with Gasteiger partial charge in [-0.05, 0) is 38.5 Å². The number of hydrogen-bond donors (Lipinski definition) is 2. The first-order chi connectivity index (χ1) is 9.22. The number of amides is 1. The Labute approximate surface area is 116 Å².